The van der Waals surface area contributed by atoms with Crippen molar-refractivity contribution < 1.29 is 9.53 Å². The van der Waals surface area contributed by atoms with Gasteiger partial charge in [0.1, 0.15) is 5.75 Å². The summed E-state index contributed by atoms with van der Waals surface area (Å²) in [4.78, 5) is 14.6. The number of amides is 1. The van der Waals surface area contributed by atoms with E-state index in [0.29, 0.717) is 19.1 Å². The Labute approximate surface area is 143 Å². The molecule has 1 atom stereocenters. The van der Waals surface area contributed by atoms with Crippen LogP contribution < -0.4 is 10.1 Å². The molecule has 1 heterocycles. The van der Waals surface area contributed by atoms with Gasteiger partial charge in [-0.05, 0) is 42.6 Å². The largest absolute Gasteiger partial charge is 0.497 e. The van der Waals surface area contributed by atoms with Gasteiger partial charge in [-0.2, -0.15) is 0 Å². The summed E-state index contributed by atoms with van der Waals surface area (Å²) in [7, 11) is 1.68. The lowest BCUT2D eigenvalue weighted by Gasteiger charge is -2.24. The van der Waals surface area contributed by atoms with E-state index in [1.165, 1.54) is 5.56 Å². The maximum absolute atomic E-state index is 12.3. The number of nitrogens with one attached hydrogen (secondary N) is 1. The van der Waals surface area contributed by atoms with Crippen LogP contribution in [-0.4, -0.2) is 31.0 Å². The molecule has 0 bridgehead atoms. The second kappa shape index (κ2) is 7.97. The van der Waals surface area contributed by atoms with Gasteiger partial charge in [-0.3, -0.25) is 9.69 Å². The molecule has 3 rings (SSSR count). The molecule has 1 saturated heterocycles. The number of carbonyl (C=O) groups is 1. The number of methoxy groups -OCH3 is 1. The molecule has 0 radical (unpaired) electrons. The lowest BCUT2D eigenvalue weighted by Crippen LogP contribution is -2.36. The van der Waals surface area contributed by atoms with Crippen molar-refractivity contribution in [2.75, 3.05) is 20.2 Å². The van der Waals surface area contributed by atoms with E-state index in [0.717, 1.165) is 30.7 Å². The fraction of sp³-hybridized carbons (Fsp3) is 0.350. The average molecular weight is 324 g/mol. The van der Waals surface area contributed by atoms with Crippen LogP contribution in [0.5, 0.6) is 5.75 Å². The molecule has 1 N–H and O–H groups in total. The fourth-order valence-electron chi connectivity index (χ4n) is 3.28. The Hall–Kier alpha value is -2.33. The van der Waals surface area contributed by atoms with E-state index in [-0.39, 0.29) is 5.91 Å². The van der Waals surface area contributed by atoms with Gasteiger partial charge in [0.15, 0.2) is 0 Å². The molecule has 1 fully saturated rings. The number of ether oxygens (including phenoxy) is 1. The van der Waals surface area contributed by atoms with Crippen LogP contribution in [0.25, 0.3) is 0 Å². The van der Waals surface area contributed by atoms with E-state index in [4.69, 9.17) is 4.74 Å². The van der Waals surface area contributed by atoms with Crippen LogP contribution in [0.15, 0.2) is 54.6 Å². The SMILES string of the molecule is COc1cccc(C2CCCN2CC(=O)NCc2ccccc2)c1. The van der Waals surface area contributed by atoms with E-state index in [9.17, 15) is 4.79 Å². The van der Waals surface area contributed by atoms with Gasteiger partial charge in [-0.1, -0.05) is 42.5 Å². The van der Waals surface area contributed by atoms with Gasteiger partial charge in [0, 0.05) is 12.6 Å². The Bertz CT molecular complexity index is 672. The summed E-state index contributed by atoms with van der Waals surface area (Å²) in [6, 6.07) is 18.5. The van der Waals surface area contributed by atoms with Crippen molar-refractivity contribution in [1.82, 2.24) is 10.2 Å². The quantitative estimate of drug-likeness (QED) is 0.887. The smallest absolute Gasteiger partial charge is 0.234 e. The first-order chi connectivity index (χ1) is 11.8. The zero-order valence-electron chi connectivity index (χ0n) is 14.1. The molecule has 1 aliphatic heterocycles. The fourth-order valence-corrected chi connectivity index (χ4v) is 3.28. The first-order valence-electron chi connectivity index (χ1n) is 8.45. The summed E-state index contributed by atoms with van der Waals surface area (Å²) in [6.45, 7) is 1.98. The van der Waals surface area contributed by atoms with E-state index < -0.39 is 0 Å². The molecular weight excluding hydrogens is 300 g/mol. The van der Waals surface area contributed by atoms with Crippen LogP contribution in [-0.2, 0) is 11.3 Å². The van der Waals surface area contributed by atoms with Crippen molar-refractivity contribution in [2.24, 2.45) is 0 Å². The minimum Gasteiger partial charge on any atom is -0.497 e. The van der Waals surface area contributed by atoms with E-state index in [1.807, 2.05) is 42.5 Å². The van der Waals surface area contributed by atoms with E-state index >= 15 is 0 Å². The lowest BCUT2D eigenvalue weighted by atomic mass is 10.0. The average Bonchev–Trinajstić information content (AvgIpc) is 3.09. The normalized spacial score (nSPS) is 17.6. The van der Waals surface area contributed by atoms with Gasteiger partial charge in [0.05, 0.1) is 13.7 Å². The van der Waals surface area contributed by atoms with E-state index in [2.05, 4.69) is 22.3 Å². The Kier molecular flexibility index (Phi) is 5.49. The molecule has 1 amide bonds. The summed E-state index contributed by atoms with van der Waals surface area (Å²) in [5.74, 6) is 0.946. The number of rotatable bonds is 6. The summed E-state index contributed by atoms with van der Waals surface area (Å²) in [5, 5.41) is 3.02. The third kappa shape index (κ3) is 4.15. The summed E-state index contributed by atoms with van der Waals surface area (Å²) in [5.41, 5.74) is 2.35. The van der Waals surface area contributed by atoms with Crippen molar-refractivity contribution in [3.05, 3.63) is 65.7 Å². The molecule has 2 aromatic carbocycles. The molecule has 24 heavy (non-hydrogen) atoms. The molecule has 4 heteroatoms. The van der Waals surface area contributed by atoms with Gasteiger partial charge in [0.25, 0.3) is 0 Å². The maximum Gasteiger partial charge on any atom is 0.234 e. The molecule has 2 aromatic rings. The molecular formula is C20H24N2O2. The van der Waals surface area contributed by atoms with Gasteiger partial charge < -0.3 is 10.1 Å². The minimum absolute atomic E-state index is 0.0775. The van der Waals surface area contributed by atoms with Crippen LogP contribution in [0.3, 0.4) is 0 Å². The van der Waals surface area contributed by atoms with Crippen molar-refractivity contribution >= 4 is 5.91 Å². The Morgan fingerprint density at radius 3 is 2.83 bits per heavy atom. The highest BCUT2D eigenvalue weighted by molar-refractivity contribution is 5.78. The number of likely N-dealkylation sites (tertiary alicyclic amines) is 1. The Morgan fingerprint density at radius 1 is 1.21 bits per heavy atom. The second-order valence-electron chi connectivity index (χ2n) is 6.17. The van der Waals surface area contributed by atoms with Crippen LogP contribution in [0.2, 0.25) is 0 Å². The Morgan fingerprint density at radius 2 is 2.04 bits per heavy atom. The first kappa shape index (κ1) is 16.5. The van der Waals surface area contributed by atoms with Gasteiger partial charge in [-0.15, -0.1) is 0 Å². The highest BCUT2D eigenvalue weighted by Gasteiger charge is 2.27. The number of benzene rings is 2. The lowest BCUT2D eigenvalue weighted by molar-refractivity contribution is -0.122. The van der Waals surface area contributed by atoms with Gasteiger partial charge in [0.2, 0.25) is 5.91 Å². The second-order valence-corrected chi connectivity index (χ2v) is 6.17. The molecule has 1 unspecified atom stereocenters. The van der Waals surface area contributed by atoms with Crippen molar-refractivity contribution in [1.29, 1.82) is 0 Å². The molecule has 4 nitrogen and oxygen atoms in total. The first-order valence-corrected chi connectivity index (χ1v) is 8.45. The Balaban J connectivity index is 1.58. The van der Waals surface area contributed by atoms with Crippen molar-refractivity contribution in [3.63, 3.8) is 0 Å². The van der Waals surface area contributed by atoms with E-state index in [1.54, 1.807) is 7.11 Å². The summed E-state index contributed by atoms with van der Waals surface area (Å²) < 4.78 is 5.32. The topological polar surface area (TPSA) is 41.6 Å². The number of carbonyl (C=O) groups excluding carboxylic acids is 1. The van der Waals surface area contributed by atoms with Gasteiger partial charge >= 0.3 is 0 Å². The molecule has 0 aromatic heterocycles. The van der Waals surface area contributed by atoms with Gasteiger partial charge in [-0.25, -0.2) is 0 Å². The van der Waals surface area contributed by atoms with Crippen molar-refractivity contribution in [3.8, 4) is 5.75 Å². The summed E-state index contributed by atoms with van der Waals surface area (Å²) >= 11 is 0. The predicted molar refractivity (Wildman–Crippen MR) is 94.8 cm³/mol. The maximum atomic E-state index is 12.3. The molecule has 0 aliphatic carbocycles. The number of hydrogen-bond donors (Lipinski definition) is 1. The molecule has 0 saturated carbocycles. The highest BCUT2D eigenvalue weighted by Crippen LogP contribution is 2.32. The monoisotopic (exact) mass is 324 g/mol. The highest BCUT2D eigenvalue weighted by atomic mass is 16.5. The zero-order valence-corrected chi connectivity index (χ0v) is 14.1. The number of nitrogens with zero attached hydrogens (tertiary/aromatic N) is 1. The molecule has 1 aliphatic rings. The minimum atomic E-state index is 0.0775. The van der Waals surface area contributed by atoms with Crippen LogP contribution in [0.4, 0.5) is 0 Å². The zero-order chi connectivity index (χ0) is 16.8. The third-order valence-electron chi connectivity index (χ3n) is 4.52. The van der Waals surface area contributed by atoms with Crippen LogP contribution in [0.1, 0.15) is 30.0 Å². The predicted octanol–water partition coefficient (Wildman–Crippen LogP) is 3.15. The van der Waals surface area contributed by atoms with Crippen molar-refractivity contribution in [2.45, 2.75) is 25.4 Å². The standard InChI is InChI=1S/C20H24N2O2/c1-24-18-10-5-9-17(13-18)19-11-6-12-22(19)15-20(23)21-14-16-7-3-2-4-8-16/h2-5,7-10,13,19H,6,11-12,14-15H2,1H3,(H,21,23). The number of hydrogen-bond acceptors (Lipinski definition) is 3. The van der Waals surface area contributed by atoms with Crippen LogP contribution in [0, 0.1) is 0 Å². The molecule has 0 spiro atoms. The summed E-state index contributed by atoms with van der Waals surface area (Å²) in [6.07, 6.45) is 2.20. The van der Waals surface area contributed by atoms with Crippen LogP contribution >= 0.6 is 0 Å². The molecule has 126 valence electrons. The third-order valence-corrected chi connectivity index (χ3v) is 4.52.